The Morgan fingerprint density at radius 3 is 2.59 bits per heavy atom. The Balaban J connectivity index is 2.35. The topological polar surface area (TPSA) is 125 Å². The Kier molecular flexibility index (Phi) is 3.11. The minimum Gasteiger partial charge on any atom is -0.394 e. The van der Waals surface area contributed by atoms with E-state index in [0.29, 0.717) is 0 Å². The molecule has 17 heavy (non-hydrogen) atoms. The molecule has 2 heterocycles. The van der Waals surface area contributed by atoms with Crippen LogP contribution in [0.15, 0.2) is 21.9 Å². The number of H-pyrrole nitrogens is 1. The molecule has 4 N–H and O–H groups in total. The molecule has 1 aromatic rings. The summed E-state index contributed by atoms with van der Waals surface area (Å²) in [4.78, 5) is 24.3. The quantitative estimate of drug-likeness (QED) is 0.446. The molecule has 0 bridgehead atoms. The molecule has 1 unspecified atom stereocenters. The second-order valence-corrected chi connectivity index (χ2v) is 3.75. The van der Waals surface area contributed by atoms with Crippen LogP contribution in [-0.4, -0.2) is 49.8 Å². The van der Waals surface area contributed by atoms with Gasteiger partial charge in [0.2, 0.25) is 0 Å². The summed E-state index contributed by atoms with van der Waals surface area (Å²) in [5.41, 5.74) is -1.33. The average molecular weight is 247 g/mol. The molecule has 0 aliphatic carbocycles. The molecule has 1 aliphatic rings. The third kappa shape index (κ3) is 2.03. The smallest absolute Gasteiger partial charge is 0.330 e. The molecule has 8 nitrogen and oxygen atoms in total. The van der Waals surface area contributed by atoms with E-state index in [0.717, 1.165) is 16.8 Å². The van der Waals surface area contributed by atoms with E-state index in [9.17, 15) is 19.8 Å². The predicted molar refractivity (Wildman–Crippen MR) is 54.3 cm³/mol. The summed E-state index contributed by atoms with van der Waals surface area (Å²) in [5.74, 6) is 0. The number of aliphatic hydroxyl groups is 3. The SMILES string of the molecule is O=c1cc[15n]([C@@H]2O[C@H](CO)C(O)[C@H]2O)[13c](=O)[15nH]1. The predicted octanol–water partition coefficient (Wildman–Crippen LogP) is -2.85. The molecule has 1 aromatic heterocycles. The van der Waals surface area contributed by atoms with Gasteiger partial charge in [0.05, 0.1) is 6.61 Å². The first-order valence-electron chi connectivity index (χ1n) is 4.98. The minimum atomic E-state index is -1.35. The number of aromatic amines is 1. The summed E-state index contributed by atoms with van der Waals surface area (Å²) in [7, 11) is 0. The van der Waals surface area contributed by atoms with Crippen LogP contribution in [0, 0.1) is 0 Å². The van der Waals surface area contributed by atoms with Crippen molar-refractivity contribution in [2.24, 2.45) is 0 Å². The van der Waals surface area contributed by atoms with Gasteiger partial charge in [0.15, 0.2) is 6.23 Å². The van der Waals surface area contributed by atoms with Crippen LogP contribution in [0.25, 0.3) is 0 Å². The zero-order chi connectivity index (χ0) is 12.6. The normalized spacial score (nSPS) is 32.9. The molecular formula is C9H12N2O6. The third-order valence-electron chi connectivity index (χ3n) is 2.64. The van der Waals surface area contributed by atoms with Crippen LogP contribution in [-0.2, 0) is 4.74 Å². The molecule has 94 valence electrons. The van der Waals surface area contributed by atoms with Crippen LogP contribution in [0.4, 0.5) is 0 Å². The van der Waals surface area contributed by atoms with E-state index < -0.39 is 42.4 Å². The molecule has 4 atom stereocenters. The van der Waals surface area contributed by atoms with Gasteiger partial charge in [-0.2, -0.15) is 0 Å². The first kappa shape index (κ1) is 12.0. The fourth-order valence-electron chi connectivity index (χ4n) is 1.74. The Morgan fingerprint density at radius 1 is 1.35 bits per heavy atom. The number of hydrogen-bond acceptors (Lipinski definition) is 6. The van der Waals surface area contributed by atoms with Crippen molar-refractivity contribution in [3.63, 3.8) is 0 Å². The van der Waals surface area contributed by atoms with Crippen molar-refractivity contribution in [3.05, 3.63) is 33.1 Å². The summed E-state index contributed by atoms with van der Waals surface area (Å²) >= 11 is 0. The minimum absolute atomic E-state index is 0.479. The zero-order valence-electron chi connectivity index (χ0n) is 8.68. The third-order valence-corrected chi connectivity index (χ3v) is 2.64. The van der Waals surface area contributed by atoms with Gasteiger partial charge >= 0.3 is 5.69 Å². The zero-order valence-corrected chi connectivity index (χ0v) is 8.68. The Bertz CT molecular complexity index is 509. The number of aromatic nitrogens is 2. The number of ether oxygens (including phenoxy) is 1. The van der Waals surface area contributed by atoms with E-state index in [1.165, 1.54) is 0 Å². The number of nitrogens with one attached hydrogen (secondary N) is 1. The van der Waals surface area contributed by atoms with E-state index in [1.807, 2.05) is 4.98 Å². The van der Waals surface area contributed by atoms with Gasteiger partial charge in [0.25, 0.3) is 5.56 Å². The lowest BCUT2D eigenvalue weighted by Gasteiger charge is -2.16. The highest BCUT2D eigenvalue weighted by molar-refractivity contribution is 4.92. The maximum atomic E-state index is 11.4. The summed E-state index contributed by atoms with van der Waals surface area (Å²) in [6, 6.07) is 1.09. The first-order valence-corrected chi connectivity index (χ1v) is 4.98. The fourth-order valence-corrected chi connectivity index (χ4v) is 1.74. The molecule has 0 aromatic carbocycles. The molecule has 0 amide bonds. The van der Waals surface area contributed by atoms with Crippen molar-refractivity contribution < 1.29 is 20.1 Å². The average Bonchev–Trinajstić information content (AvgIpc) is 2.57. The summed E-state index contributed by atoms with van der Waals surface area (Å²) < 4.78 is 6.08. The maximum absolute atomic E-state index is 11.4. The van der Waals surface area contributed by atoms with Crippen LogP contribution in [0.2, 0.25) is 0 Å². The van der Waals surface area contributed by atoms with Crippen molar-refractivity contribution >= 4 is 0 Å². The molecule has 8 heteroatoms. The molecule has 1 saturated heterocycles. The van der Waals surface area contributed by atoms with E-state index >= 15 is 0 Å². The van der Waals surface area contributed by atoms with Crippen LogP contribution in [0.1, 0.15) is 6.23 Å². The lowest BCUT2D eigenvalue weighted by atomic mass is 10.1. The fraction of sp³-hybridized carbons (Fsp3) is 0.556. The molecule has 1 fully saturated rings. The van der Waals surface area contributed by atoms with Gasteiger partial charge < -0.3 is 20.1 Å². The largest absolute Gasteiger partial charge is 0.394 e. The second-order valence-electron chi connectivity index (χ2n) is 3.75. The maximum Gasteiger partial charge on any atom is 0.330 e. The van der Waals surface area contributed by atoms with Gasteiger partial charge in [-0.3, -0.25) is 14.3 Å². The van der Waals surface area contributed by atoms with Gasteiger partial charge in [0, 0.05) is 12.3 Å². The monoisotopic (exact) mass is 247 g/mol. The molecule has 1 aliphatic heterocycles. The van der Waals surface area contributed by atoms with Crippen molar-refractivity contribution in [1.82, 2.24) is 9.55 Å². The highest BCUT2D eigenvalue weighted by atomic mass is 16.6. The summed E-state index contributed by atoms with van der Waals surface area (Å²) in [6.45, 7) is -0.479. The lowest BCUT2D eigenvalue weighted by molar-refractivity contribution is -0.0550. The Morgan fingerprint density at radius 2 is 2.06 bits per heavy atom. The molecular weight excluding hydrogens is 235 g/mol. The summed E-state index contributed by atoms with van der Waals surface area (Å²) in [6.07, 6.45) is -3.58. The van der Waals surface area contributed by atoms with Gasteiger partial charge in [0.1, 0.15) is 18.3 Å². The molecule has 0 radical (unpaired) electrons. The second kappa shape index (κ2) is 4.41. The Labute approximate surface area is 94.7 Å². The van der Waals surface area contributed by atoms with Crippen LogP contribution < -0.4 is 11.2 Å². The van der Waals surface area contributed by atoms with Crippen molar-refractivity contribution in [2.45, 2.75) is 24.5 Å². The molecule has 2 rings (SSSR count). The highest BCUT2D eigenvalue weighted by Crippen LogP contribution is 2.27. The van der Waals surface area contributed by atoms with Crippen molar-refractivity contribution in [3.8, 4) is 0 Å². The van der Waals surface area contributed by atoms with Gasteiger partial charge in [-0.1, -0.05) is 0 Å². The summed E-state index contributed by atoms with van der Waals surface area (Å²) in [5, 5.41) is 28.1. The molecule has 0 spiro atoms. The van der Waals surface area contributed by atoms with E-state index in [2.05, 4.69) is 0 Å². The standard InChI is InChI=1S/C9H12N2O6/c12-3-4-6(14)7(15)8(17-4)11-2-1-5(13)10-9(11)16/h1-2,4,6-8,12,14-15H,3H2,(H,10,13,16)/t4-,6?,7-,8-/m1/s1/i9+1,10+1,11+1. The van der Waals surface area contributed by atoms with Crippen molar-refractivity contribution in [1.29, 1.82) is 0 Å². The van der Waals surface area contributed by atoms with E-state index in [4.69, 9.17) is 9.84 Å². The van der Waals surface area contributed by atoms with Gasteiger partial charge in [-0.25, -0.2) is 4.79 Å². The number of nitrogens with zero attached hydrogens (tertiary/aromatic N) is 1. The Hall–Kier alpha value is -1.48. The number of hydrogen-bond donors (Lipinski definition) is 4. The molecule has 0 saturated carbocycles. The number of rotatable bonds is 2. The first-order chi connectivity index (χ1) is 8.04. The number of aliphatic hydroxyl groups excluding tert-OH is 3. The van der Waals surface area contributed by atoms with Gasteiger partial charge in [-0.05, 0) is 0 Å². The van der Waals surface area contributed by atoms with E-state index in [1.54, 1.807) is 0 Å². The van der Waals surface area contributed by atoms with Crippen LogP contribution >= 0.6 is 0 Å². The highest BCUT2D eigenvalue weighted by Gasteiger charge is 2.43. The van der Waals surface area contributed by atoms with Gasteiger partial charge in [-0.15, -0.1) is 0 Å². The van der Waals surface area contributed by atoms with E-state index in [-0.39, 0.29) is 0 Å². The lowest BCUT2D eigenvalue weighted by Crippen LogP contribution is -2.37. The van der Waals surface area contributed by atoms with Crippen LogP contribution in [0.5, 0.6) is 0 Å². The van der Waals surface area contributed by atoms with Crippen LogP contribution in [0.3, 0.4) is 0 Å². The van der Waals surface area contributed by atoms with Crippen molar-refractivity contribution in [2.75, 3.05) is 6.61 Å².